The molecule has 2 fully saturated rings. The lowest BCUT2D eigenvalue weighted by Gasteiger charge is -2.27. The van der Waals surface area contributed by atoms with Crippen molar-refractivity contribution in [1.82, 2.24) is 14.4 Å². The van der Waals surface area contributed by atoms with Crippen LogP contribution in [0.5, 0.6) is 5.75 Å². The number of nitrogens with zero attached hydrogens (tertiary/aromatic N) is 3. The number of hydrogen-bond acceptors (Lipinski definition) is 5. The first-order valence-electron chi connectivity index (χ1n) is 8.67. The number of pyridine rings is 1. The van der Waals surface area contributed by atoms with Crippen molar-refractivity contribution in [1.29, 1.82) is 0 Å². The number of aromatic hydroxyl groups is 1. The molecule has 2 aliphatic rings. The standard InChI is InChI=1S/C17H27N3O3/c21-16-12-15(13-19-4-1-2-5-19)20(14-17(16)22)7-3-6-18-8-10-23-11-9-18/h12,14,22H,1-11,13H2. The van der Waals surface area contributed by atoms with Gasteiger partial charge in [0.1, 0.15) is 0 Å². The van der Waals surface area contributed by atoms with E-state index in [2.05, 4.69) is 14.4 Å². The highest BCUT2D eigenvalue weighted by Gasteiger charge is 2.15. The van der Waals surface area contributed by atoms with Gasteiger partial charge in [-0.15, -0.1) is 0 Å². The lowest BCUT2D eigenvalue weighted by molar-refractivity contribution is 0.0369. The van der Waals surface area contributed by atoms with E-state index in [1.807, 2.05) is 0 Å². The second-order valence-electron chi connectivity index (χ2n) is 6.50. The van der Waals surface area contributed by atoms with Gasteiger partial charge in [0.15, 0.2) is 5.75 Å². The van der Waals surface area contributed by atoms with Gasteiger partial charge in [-0.05, 0) is 32.4 Å². The molecule has 0 aliphatic carbocycles. The lowest BCUT2D eigenvalue weighted by atomic mass is 10.2. The molecule has 0 bridgehead atoms. The molecule has 2 aliphatic heterocycles. The molecular weight excluding hydrogens is 294 g/mol. The zero-order chi connectivity index (χ0) is 16.1. The molecular formula is C17H27N3O3. The Bertz CT molecular complexity index is 561. The fourth-order valence-electron chi connectivity index (χ4n) is 3.41. The van der Waals surface area contributed by atoms with Crippen LogP contribution in [0.3, 0.4) is 0 Å². The highest BCUT2D eigenvalue weighted by Crippen LogP contribution is 2.14. The van der Waals surface area contributed by atoms with E-state index in [9.17, 15) is 9.90 Å². The van der Waals surface area contributed by atoms with Gasteiger partial charge >= 0.3 is 0 Å². The smallest absolute Gasteiger partial charge is 0.223 e. The summed E-state index contributed by atoms with van der Waals surface area (Å²) in [6, 6.07) is 1.60. The van der Waals surface area contributed by atoms with Gasteiger partial charge in [-0.1, -0.05) is 0 Å². The van der Waals surface area contributed by atoms with Gasteiger partial charge in [-0.3, -0.25) is 14.6 Å². The maximum absolute atomic E-state index is 11.8. The fourth-order valence-corrected chi connectivity index (χ4v) is 3.41. The van der Waals surface area contributed by atoms with E-state index in [-0.39, 0.29) is 11.2 Å². The summed E-state index contributed by atoms with van der Waals surface area (Å²) in [5, 5.41) is 9.76. The number of morpholine rings is 1. The van der Waals surface area contributed by atoms with Gasteiger partial charge < -0.3 is 14.4 Å². The zero-order valence-corrected chi connectivity index (χ0v) is 13.7. The summed E-state index contributed by atoms with van der Waals surface area (Å²) < 4.78 is 7.42. The Hall–Kier alpha value is -1.37. The molecule has 0 aromatic carbocycles. The molecule has 2 saturated heterocycles. The number of aryl methyl sites for hydroxylation is 1. The van der Waals surface area contributed by atoms with Crippen LogP contribution in [0, 0.1) is 0 Å². The van der Waals surface area contributed by atoms with Crippen LogP contribution < -0.4 is 5.43 Å². The highest BCUT2D eigenvalue weighted by molar-refractivity contribution is 5.20. The van der Waals surface area contributed by atoms with E-state index in [1.165, 1.54) is 12.8 Å². The van der Waals surface area contributed by atoms with Gasteiger partial charge in [0.05, 0.1) is 19.4 Å². The van der Waals surface area contributed by atoms with E-state index >= 15 is 0 Å². The maximum Gasteiger partial charge on any atom is 0.223 e. The molecule has 0 saturated carbocycles. The van der Waals surface area contributed by atoms with Crippen LogP contribution in [0.15, 0.2) is 17.1 Å². The Morgan fingerprint density at radius 2 is 1.78 bits per heavy atom. The van der Waals surface area contributed by atoms with Crippen LogP contribution >= 0.6 is 0 Å². The predicted octanol–water partition coefficient (Wildman–Crippen LogP) is 0.872. The summed E-state index contributed by atoms with van der Waals surface area (Å²) in [7, 11) is 0. The van der Waals surface area contributed by atoms with Crippen LogP contribution in [0.25, 0.3) is 0 Å². The Morgan fingerprint density at radius 1 is 1.04 bits per heavy atom. The van der Waals surface area contributed by atoms with Crippen molar-refractivity contribution in [2.45, 2.75) is 32.4 Å². The van der Waals surface area contributed by atoms with Gasteiger partial charge in [0.2, 0.25) is 5.43 Å². The number of likely N-dealkylation sites (tertiary alicyclic amines) is 1. The summed E-state index contributed by atoms with van der Waals surface area (Å²) in [4.78, 5) is 16.6. The average molecular weight is 321 g/mol. The van der Waals surface area contributed by atoms with Crippen molar-refractivity contribution in [2.24, 2.45) is 0 Å². The minimum atomic E-state index is -0.274. The van der Waals surface area contributed by atoms with Crippen molar-refractivity contribution in [2.75, 3.05) is 45.9 Å². The third-order valence-electron chi connectivity index (χ3n) is 4.76. The Morgan fingerprint density at radius 3 is 2.52 bits per heavy atom. The largest absolute Gasteiger partial charge is 0.503 e. The van der Waals surface area contributed by atoms with E-state index in [0.717, 1.165) is 71.1 Å². The fraction of sp³-hybridized carbons (Fsp3) is 0.706. The number of rotatable bonds is 6. The van der Waals surface area contributed by atoms with Crippen molar-refractivity contribution in [3.05, 3.63) is 28.2 Å². The van der Waals surface area contributed by atoms with Crippen LogP contribution in [0.4, 0.5) is 0 Å². The molecule has 1 aromatic heterocycles. The molecule has 23 heavy (non-hydrogen) atoms. The topological polar surface area (TPSA) is 57.9 Å². The molecule has 1 aromatic rings. The maximum atomic E-state index is 11.8. The van der Waals surface area contributed by atoms with Crippen molar-refractivity contribution < 1.29 is 9.84 Å². The van der Waals surface area contributed by atoms with Crippen molar-refractivity contribution >= 4 is 0 Å². The first-order valence-corrected chi connectivity index (χ1v) is 8.67. The highest BCUT2D eigenvalue weighted by atomic mass is 16.5. The third-order valence-corrected chi connectivity index (χ3v) is 4.76. The summed E-state index contributed by atoms with van der Waals surface area (Å²) >= 11 is 0. The molecule has 6 nitrogen and oxygen atoms in total. The monoisotopic (exact) mass is 321 g/mol. The van der Waals surface area contributed by atoms with E-state index in [0.29, 0.717) is 0 Å². The van der Waals surface area contributed by atoms with Crippen LogP contribution in [0.2, 0.25) is 0 Å². The van der Waals surface area contributed by atoms with Gasteiger partial charge in [-0.2, -0.15) is 0 Å². The first kappa shape index (κ1) is 16.5. The summed E-state index contributed by atoms with van der Waals surface area (Å²) in [5.41, 5.74) is 0.736. The molecule has 0 amide bonds. The summed E-state index contributed by atoms with van der Waals surface area (Å²) in [6.07, 6.45) is 5.08. The number of aromatic nitrogens is 1. The number of ether oxygens (including phenoxy) is 1. The molecule has 3 heterocycles. The second kappa shape index (κ2) is 7.95. The summed E-state index contributed by atoms with van der Waals surface area (Å²) in [5.74, 6) is -0.151. The molecule has 6 heteroatoms. The minimum absolute atomic E-state index is 0.151. The molecule has 3 rings (SSSR count). The van der Waals surface area contributed by atoms with E-state index in [1.54, 1.807) is 12.3 Å². The third kappa shape index (κ3) is 4.56. The zero-order valence-electron chi connectivity index (χ0n) is 13.7. The minimum Gasteiger partial charge on any atom is -0.503 e. The van der Waals surface area contributed by atoms with E-state index < -0.39 is 0 Å². The van der Waals surface area contributed by atoms with Crippen LogP contribution in [-0.2, 0) is 17.8 Å². The van der Waals surface area contributed by atoms with Crippen molar-refractivity contribution in [3.63, 3.8) is 0 Å². The van der Waals surface area contributed by atoms with Crippen molar-refractivity contribution in [3.8, 4) is 5.75 Å². The van der Waals surface area contributed by atoms with Crippen LogP contribution in [0.1, 0.15) is 25.0 Å². The average Bonchev–Trinajstić information content (AvgIpc) is 3.06. The normalized spacial score (nSPS) is 20.2. The molecule has 0 unspecified atom stereocenters. The Labute approximate surface area is 137 Å². The van der Waals surface area contributed by atoms with Gasteiger partial charge in [0, 0.05) is 44.5 Å². The molecule has 128 valence electrons. The lowest BCUT2D eigenvalue weighted by Crippen LogP contribution is -2.37. The SMILES string of the molecule is O=c1cc(CN2CCCC2)n(CCCN2CCOCC2)cc1O. The predicted molar refractivity (Wildman–Crippen MR) is 88.8 cm³/mol. The Balaban J connectivity index is 1.61. The second-order valence-corrected chi connectivity index (χ2v) is 6.50. The van der Waals surface area contributed by atoms with Gasteiger partial charge in [0.25, 0.3) is 0 Å². The molecule has 0 atom stereocenters. The molecule has 1 N–H and O–H groups in total. The molecule has 0 radical (unpaired) electrons. The number of hydrogen-bond donors (Lipinski definition) is 1. The Kier molecular flexibility index (Phi) is 5.70. The molecule has 0 spiro atoms. The van der Waals surface area contributed by atoms with Crippen LogP contribution in [-0.4, -0.2) is 65.4 Å². The van der Waals surface area contributed by atoms with E-state index in [4.69, 9.17) is 4.74 Å². The summed E-state index contributed by atoms with van der Waals surface area (Å²) in [6.45, 7) is 8.48. The first-order chi connectivity index (χ1) is 11.2. The quantitative estimate of drug-likeness (QED) is 0.843. The van der Waals surface area contributed by atoms with Gasteiger partial charge in [-0.25, -0.2) is 0 Å².